The van der Waals surface area contributed by atoms with Crippen LogP contribution in [0.2, 0.25) is 0 Å². The van der Waals surface area contributed by atoms with Crippen molar-refractivity contribution in [3.8, 4) is 5.75 Å². The van der Waals surface area contributed by atoms with E-state index in [2.05, 4.69) is 26.5 Å². The molecule has 1 N–H and O–H groups in total. The number of carbonyl (C=O) groups excluding carboxylic acids is 1. The molecule has 0 unspecified atom stereocenters. The Morgan fingerprint density at radius 2 is 2.09 bits per heavy atom. The number of aromatic nitrogens is 1. The third-order valence-electron chi connectivity index (χ3n) is 3.39. The Morgan fingerprint density at radius 1 is 1.30 bits per heavy atom. The van der Waals surface area contributed by atoms with Crippen LogP contribution in [0.5, 0.6) is 5.75 Å². The Labute approximate surface area is 145 Å². The van der Waals surface area contributed by atoms with E-state index in [1.54, 1.807) is 25.3 Å². The fourth-order valence-electron chi connectivity index (χ4n) is 2.15. The highest BCUT2D eigenvalue weighted by Crippen LogP contribution is 2.22. The number of thiazole rings is 1. The number of amides is 1. The van der Waals surface area contributed by atoms with Crippen LogP contribution in [0.25, 0.3) is 10.2 Å². The van der Waals surface area contributed by atoms with Crippen LogP contribution in [0.15, 0.2) is 52.0 Å². The maximum absolute atomic E-state index is 12.3. The van der Waals surface area contributed by atoms with Crippen LogP contribution < -0.4 is 15.0 Å². The van der Waals surface area contributed by atoms with Crippen LogP contribution in [0.3, 0.4) is 0 Å². The lowest BCUT2D eigenvalue weighted by Crippen LogP contribution is -2.23. The molecule has 0 radical (unpaired) electrons. The highest BCUT2D eigenvalue weighted by molar-refractivity contribution is 9.10. The van der Waals surface area contributed by atoms with Crippen molar-refractivity contribution in [3.05, 3.63) is 57.3 Å². The molecule has 7 heteroatoms. The molecule has 1 heterocycles. The number of halogens is 1. The van der Waals surface area contributed by atoms with Gasteiger partial charge < -0.3 is 9.30 Å². The molecule has 0 aliphatic rings. The summed E-state index contributed by atoms with van der Waals surface area (Å²) >= 11 is 4.89. The average molecular weight is 392 g/mol. The van der Waals surface area contributed by atoms with Gasteiger partial charge in [-0.15, -0.1) is 5.10 Å². The fraction of sp³-hybridized carbons (Fsp3) is 0.125. The van der Waals surface area contributed by atoms with Crippen LogP contribution in [-0.2, 0) is 7.05 Å². The summed E-state index contributed by atoms with van der Waals surface area (Å²) in [5.41, 5.74) is 4.15. The van der Waals surface area contributed by atoms with E-state index >= 15 is 0 Å². The quantitative estimate of drug-likeness (QED) is 0.696. The summed E-state index contributed by atoms with van der Waals surface area (Å²) in [5, 5.41) is 4.24. The minimum atomic E-state index is -0.298. The second-order valence-corrected chi connectivity index (χ2v) is 6.67. The van der Waals surface area contributed by atoms with Crippen LogP contribution in [-0.4, -0.2) is 17.6 Å². The summed E-state index contributed by atoms with van der Waals surface area (Å²) in [6, 6.07) is 13.2. The van der Waals surface area contributed by atoms with Crippen LogP contribution in [0.1, 0.15) is 10.4 Å². The van der Waals surface area contributed by atoms with Crippen LogP contribution in [0.4, 0.5) is 0 Å². The molecule has 2 aromatic carbocycles. The molecule has 0 fully saturated rings. The van der Waals surface area contributed by atoms with Gasteiger partial charge in [-0.05, 0) is 46.3 Å². The zero-order valence-corrected chi connectivity index (χ0v) is 14.9. The van der Waals surface area contributed by atoms with Crippen molar-refractivity contribution in [2.75, 3.05) is 7.11 Å². The largest absolute Gasteiger partial charge is 0.497 e. The summed E-state index contributed by atoms with van der Waals surface area (Å²) in [6.07, 6.45) is 0. The van der Waals surface area contributed by atoms with E-state index in [-0.39, 0.29) is 5.91 Å². The first-order chi connectivity index (χ1) is 11.1. The first-order valence-electron chi connectivity index (χ1n) is 6.82. The number of methoxy groups -OCH3 is 1. The number of nitrogens with zero attached hydrogens (tertiary/aromatic N) is 2. The second kappa shape index (κ2) is 6.55. The van der Waals surface area contributed by atoms with E-state index in [0.717, 1.165) is 15.0 Å². The minimum absolute atomic E-state index is 0.298. The van der Waals surface area contributed by atoms with E-state index in [1.165, 1.54) is 11.3 Å². The van der Waals surface area contributed by atoms with Crippen molar-refractivity contribution >= 4 is 43.4 Å². The molecule has 0 atom stereocenters. The van der Waals surface area contributed by atoms with Gasteiger partial charge in [0.05, 0.1) is 22.9 Å². The second-order valence-electron chi connectivity index (χ2n) is 4.81. The number of fused-ring (bicyclic) bond motifs is 1. The number of hydrogen-bond acceptors (Lipinski definition) is 4. The first-order valence-corrected chi connectivity index (χ1v) is 8.43. The monoisotopic (exact) mass is 391 g/mol. The van der Waals surface area contributed by atoms with Crippen LogP contribution >= 0.6 is 27.3 Å². The molecule has 0 saturated carbocycles. The van der Waals surface area contributed by atoms with Crippen molar-refractivity contribution in [1.29, 1.82) is 0 Å². The van der Waals surface area contributed by atoms with Gasteiger partial charge in [0.1, 0.15) is 5.75 Å². The predicted molar refractivity (Wildman–Crippen MR) is 94.5 cm³/mol. The third-order valence-corrected chi connectivity index (χ3v) is 5.19. The number of aryl methyl sites for hydroxylation is 1. The Kier molecular flexibility index (Phi) is 4.49. The van der Waals surface area contributed by atoms with Gasteiger partial charge in [-0.3, -0.25) is 4.79 Å². The van der Waals surface area contributed by atoms with Gasteiger partial charge in [0.25, 0.3) is 5.91 Å². The number of hydrogen-bond donors (Lipinski definition) is 1. The molecule has 3 aromatic rings. The number of nitrogens with one attached hydrogen (secondary N) is 1. The number of rotatable bonds is 3. The van der Waals surface area contributed by atoms with Gasteiger partial charge in [-0.2, -0.15) is 0 Å². The minimum Gasteiger partial charge on any atom is -0.497 e. The summed E-state index contributed by atoms with van der Waals surface area (Å²) in [7, 11) is 3.48. The number of ether oxygens (including phenoxy) is 1. The van der Waals surface area contributed by atoms with Gasteiger partial charge >= 0.3 is 0 Å². The smallest absolute Gasteiger partial charge is 0.272 e. The van der Waals surface area contributed by atoms with Crippen molar-refractivity contribution in [2.45, 2.75) is 0 Å². The molecule has 1 amide bonds. The van der Waals surface area contributed by atoms with E-state index in [1.807, 2.05) is 35.9 Å². The van der Waals surface area contributed by atoms with Gasteiger partial charge in [0.15, 0.2) is 0 Å². The molecule has 118 valence electrons. The molecule has 0 bridgehead atoms. The Bertz CT molecular complexity index is 946. The van der Waals surface area contributed by atoms with E-state index in [0.29, 0.717) is 15.8 Å². The van der Waals surface area contributed by atoms with E-state index in [4.69, 9.17) is 4.74 Å². The number of benzene rings is 2. The highest BCUT2D eigenvalue weighted by atomic mass is 79.9. The molecule has 5 nitrogen and oxygen atoms in total. The molecule has 3 rings (SSSR count). The molecule has 0 aliphatic heterocycles. The third kappa shape index (κ3) is 3.16. The highest BCUT2D eigenvalue weighted by Gasteiger charge is 2.11. The maximum Gasteiger partial charge on any atom is 0.272 e. The van der Waals surface area contributed by atoms with Crippen molar-refractivity contribution < 1.29 is 9.53 Å². The topological polar surface area (TPSA) is 55.6 Å². The molecular weight excluding hydrogens is 378 g/mol. The Balaban J connectivity index is 1.92. The lowest BCUT2D eigenvalue weighted by molar-refractivity contribution is 0.0952. The van der Waals surface area contributed by atoms with Crippen molar-refractivity contribution in [2.24, 2.45) is 12.1 Å². The summed E-state index contributed by atoms with van der Waals surface area (Å²) in [6.45, 7) is 0. The summed E-state index contributed by atoms with van der Waals surface area (Å²) in [4.78, 5) is 13.1. The van der Waals surface area contributed by atoms with Crippen molar-refractivity contribution in [3.63, 3.8) is 0 Å². The summed E-state index contributed by atoms with van der Waals surface area (Å²) < 4.78 is 8.90. The van der Waals surface area contributed by atoms with Gasteiger partial charge in [0, 0.05) is 11.5 Å². The maximum atomic E-state index is 12.3. The fourth-order valence-corrected chi connectivity index (χ4v) is 3.56. The SMILES string of the molecule is COc1ccc(Br)c(C(=O)N/N=c2/sc3ccccc3n2C)c1. The summed E-state index contributed by atoms with van der Waals surface area (Å²) in [5.74, 6) is 0.319. The molecule has 1 aromatic heterocycles. The zero-order valence-electron chi connectivity index (χ0n) is 12.5. The first kappa shape index (κ1) is 15.8. The molecule has 23 heavy (non-hydrogen) atoms. The lowest BCUT2D eigenvalue weighted by atomic mass is 10.2. The zero-order chi connectivity index (χ0) is 16.4. The Morgan fingerprint density at radius 3 is 2.83 bits per heavy atom. The average Bonchev–Trinajstić information content (AvgIpc) is 2.89. The number of para-hydroxylation sites is 1. The van der Waals surface area contributed by atoms with Gasteiger partial charge in [-0.25, -0.2) is 5.43 Å². The Hall–Kier alpha value is -2.12. The normalized spacial score (nSPS) is 11.7. The van der Waals surface area contributed by atoms with E-state index < -0.39 is 0 Å². The van der Waals surface area contributed by atoms with E-state index in [9.17, 15) is 4.79 Å². The van der Waals surface area contributed by atoms with Gasteiger partial charge in [0.2, 0.25) is 4.80 Å². The van der Waals surface area contributed by atoms with Crippen molar-refractivity contribution in [1.82, 2.24) is 9.99 Å². The molecule has 0 saturated heterocycles. The molecule has 0 spiro atoms. The number of carbonyl (C=O) groups is 1. The van der Waals surface area contributed by atoms with Crippen LogP contribution in [0, 0.1) is 0 Å². The van der Waals surface area contributed by atoms with Gasteiger partial charge in [-0.1, -0.05) is 23.5 Å². The standard InChI is InChI=1S/C16H14BrN3O2S/c1-20-13-5-3-4-6-14(13)23-16(20)19-18-15(21)11-9-10(22-2)7-8-12(11)17/h3-9H,1-2H3,(H,18,21)/b19-16+. The predicted octanol–water partition coefficient (Wildman–Crippen LogP) is 3.26. The molecular formula is C16H14BrN3O2S. The molecule has 0 aliphatic carbocycles. The lowest BCUT2D eigenvalue weighted by Gasteiger charge is -2.05.